The van der Waals surface area contributed by atoms with Gasteiger partial charge in [-0.15, -0.1) is 24.0 Å². The van der Waals surface area contributed by atoms with Crippen LogP contribution in [0.5, 0.6) is 0 Å². The Labute approximate surface area is 161 Å². The smallest absolute Gasteiger partial charge is 0.407 e. The maximum Gasteiger partial charge on any atom is 0.407 e. The molecule has 0 aliphatic carbocycles. The van der Waals surface area contributed by atoms with E-state index >= 15 is 0 Å². The van der Waals surface area contributed by atoms with Crippen LogP contribution in [0, 0.1) is 5.92 Å². The van der Waals surface area contributed by atoms with E-state index in [9.17, 15) is 4.79 Å². The Balaban J connectivity index is 0.00000484. The molecule has 6 nitrogen and oxygen atoms in total. The molecule has 8 heteroatoms. The number of ether oxygens (including phenoxy) is 1. The lowest BCUT2D eigenvalue weighted by Crippen LogP contribution is -2.46. The van der Waals surface area contributed by atoms with Crippen LogP contribution in [0.1, 0.15) is 34.6 Å². The lowest BCUT2D eigenvalue weighted by molar-refractivity contribution is 0.0493. The Morgan fingerprint density at radius 2 is 1.91 bits per heavy atom. The van der Waals surface area contributed by atoms with Gasteiger partial charge in [-0.05, 0) is 26.7 Å². The van der Waals surface area contributed by atoms with Gasteiger partial charge in [-0.3, -0.25) is 4.99 Å². The Bertz CT molecular complexity index is 393. The molecule has 1 fully saturated rings. The van der Waals surface area contributed by atoms with Crippen molar-refractivity contribution in [2.24, 2.45) is 16.6 Å². The van der Waals surface area contributed by atoms with Gasteiger partial charge < -0.3 is 20.7 Å². The third-order valence-corrected chi connectivity index (χ3v) is 4.23. The topological polar surface area (TPSA) is 80.0 Å². The first kappa shape index (κ1) is 22.6. The van der Waals surface area contributed by atoms with Crippen molar-refractivity contribution in [1.29, 1.82) is 0 Å². The highest BCUT2D eigenvalue weighted by Crippen LogP contribution is 2.10. The van der Waals surface area contributed by atoms with Crippen molar-refractivity contribution in [3.63, 3.8) is 0 Å². The summed E-state index contributed by atoms with van der Waals surface area (Å²) in [5.74, 6) is 2.98. The number of hydrogen-bond donors (Lipinski definition) is 2. The average Bonchev–Trinajstić information content (AvgIpc) is 2.41. The van der Waals surface area contributed by atoms with E-state index in [0.717, 1.165) is 24.6 Å². The summed E-state index contributed by atoms with van der Waals surface area (Å²) in [7, 11) is 0. The van der Waals surface area contributed by atoms with Gasteiger partial charge in [0.05, 0.1) is 12.6 Å². The predicted molar refractivity (Wildman–Crippen MR) is 109 cm³/mol. The number of thioether (sulfide) groups is 1. The molecule has 1 rings (SSSR count). The van der Waals surface area contributed by atoms with Crippen LogP contribution in [0.15, 0.2) is 4.99 Å². The number of alkyl carbamates (subject to hydrolysis) is 1. The first-order valence-electron chi connectivity index (χ1n) is 7.81. The molecule has 136 valence electrons. The minimum absolute atomic E-state index is 0. The average molecular weight is 458 g/mol. The van der Waals surface area contributed by atoms with Crippen LogP contribution in [0.4, 0.5) is 4.79 Å². The number of guanidine groups is 1. The molecule has 23 heavy (non-hydrogen) atoms. The molecule has 1 heterocycles. The van der Waals surface area contributed by atoms with Gasteiger partial charge in [0.1, 0.15) is 5.60 Å². The Hall–Kier alpha value is -0.380. The number of nitrogens with zero attached hydrogens (tertiary/aromatic N) is 2. The van der Waals surface area contributed by atoms with Crippen molar-refractivity contribution >= 4 is 47.8 Å². The number of amides is 1. The zero-order chi connectivity index (χ0) is 16.8. The molecule has 0 saturated carbocycles. The van der Waals surface area contributed by atoms with Crippen molar-refractivity contribution in [2.45, 2.75) is 46.3 Å². The van der Waals surface area contributed by atoms with Crippen LogP contribution in [0.3, 0.4) is 0 Å². The molecular formula is C15H31IN4O2S. The monoisotopic (exact) mass is 458 g/mol. The minimum Gasteiger partial charge on any atom is -0.444 e. The van der Waals surface area contributed by atoms with E-state index in [2.05, 4.69) is 15.2 Å². The lowest BCUT2D eigenvalue weighted by atomic mass is 10.1. The van der Waals surface area contributed by atoms with Gasteiger partial charge in [0, 0.05) is 24.6 Å². The molecule has 0 radical (unpaired) electrons. The van der Waals surface area contributed by atoms with Crippen LogP contribution in [-0.2, 0) is 4.74 Å². The maximum absolute atomic E-state index is 11.9. The van der Waals surface area contributed by atoms with E-state index in [1.807, 2.05) is 46.4 Å². The lowest BCUT2D eigenvalue weighted by Gasteiger charge is -2.28. The van der Waals surface area contributed by atoms with Crippen molar-refractivity contribution in [2.75, 3.05) is 31.1 Å². The molecular weight excluding hydrogens is 427 g/mol. The van der Waals surface area contributed by atoms with Gasteiger partial charge in [0.2, 0.25) is 0 Å². The number of hydrogen-bond acceptors (Lipinski definition) is 4. The number of halogens is 1. The van der Waals surface area contributed by atoms with Crippen LogP contribution in [0.2, 0.25) is 0 Å². The third-order valence-electron chi connectivity index (χ3n) is 3.29. The first-order valence-corrected chi connectivity index (χ1v) is 8.96. The SMILES string of the molecule is CC(C)C(CN=C(N)N1CCSCC1)NC(=O)OC(C)(C)C.I. The van der Waals surface area contributed by atoms with Crippen LogP contribution in [-0.4, -0.2) is 59.7 Å². The van der Waals surface area contributed by atoms with E-state index in [4.69, 9.17) is 10.5 Å². The van der Waals surface area contributed by atoms with Crippen molar-refractivity contribution in [1.82, 2.24) is 10.2 Å². The van der Waals surface area contributed by atoms with Crippen LogP contribution < -0.4 is 11.1 Å². The summed E-state index contributed by atoms with van der Waals surface area (Å²) >= 11 is 1.93. The molecule has 0 aromatic rings. The summed E-state index contributed by atoms with van der Waals surface area (Å²) in [6.07, 6.45) is -0.408. The predicted octanol–water partition coefficient (Wildman–Crippen LogP) is 2.52. The van der Waals surface area contributed by atoms with Gasteiger partial charge in [-0.25, -0.2) is 4.79 Å². The fourth-order valence-corrected chi connectivity index (χ4v) is 2.87. The molecule has 0 aromatic carbocycles. The molecule has 3 N–H and O–H groups in total. The molecule has 0 spiro atoms. The normalized spacial score (nSPS) is 17.5. The number of carbonyl (C=O) groups is 1. The molecule has 1 aliphatic heterocycles. The second kappa shape index (κ2) is 10.5. The van der Waals surface area contributed by atoms with Gasteiger partial charge in [-0.1, -0.05) is 13.8 Å². The molecule has 1 unspecified atom stereocenters. The standard InChI is InChI=1S/C15H30N4O2S.HI/c1-11(2)12(18-14(20)21-15(3,4)5)10-17-13(16)19-6-8-22-9-7-19;/h11-12H,6-10H2,1-5H3,(H2,16,17)(H,18,20);1H. The van der Waals surface area contributed by atoms with E-state index in [0.29, 0.717) is 12.5 Å². The summed E-state index contributed by atoms with van der Waals surface area (Å²) in [6.45, 7) is 12.0. The van der Waals surface area contributed by atoms with Crippen LogP contribution in [0.25, 0.3) is 0 Å². The quantitative estimate of drug-likeness (QED) is 0.385. The summed E-state index contributed by atoms with van der Waals surface area (Å²) in [5.41, 5.74) is 5.55. The Morgan fingerprint density at radius 3 is 2.39 bits per heavy atom. The molecule has 1 aliphatic rings. The van der Waals surface area contributed by atoms with Gasteiger partial charge >= 0.3 is 6.09 Å². The van der Waals surface area contributed by atoms with Crippen molar-refractivity contribution in [3.05, 3.63) is 0 Å². The van der Waals surface area contributed by atoms with E-state index in [1.165, 1.54) is 0 Å². The van der Waals surface area contributed by atoms with E-state index in [1.54, 1.807) is 0 Å². The summed E-state index contributed by atoms with van der Waals surface area (Å²) in [6, 6.07) is -0.0902. The Kier molecular flexibility index (Phi) is 10.3. The fourth-order valence-electron chi connectivity index (χ4n) is 1.97. The zero-order valence-corrected chi connectivity index (χ0v) is 17.9. The molecule has 1 saturated heterocycles. The first-order chi connectivity index (χ1) is 10.2. The maximum atomic E-state index is 11.9. The number of nitrogens with one attached hydrogen (secondary N) is 1. The Morgan fingerprint density at radius 1 is 1.35 bits per heavy atom. The summed E-state index contributed by atoms with van der Waals surface area (Å²) in [4.78, 5) is 18.5. The molecule has 0 bridgehead atoms. The third kappa shape index (κ3) is 9.49. The minimum atomic E-state index is -0.501. The van der Waals surface area contributed by atoms with E-state index < -0.39 is 11.7 Å². The van der Waals surface area contributed by atoms with Gasteiger partial charge in [0.25, 0.3) is 0 Å². The highest BCUT2D eigenvalue weighted by molar-refractivity contribution is 14.0. The second-order valence-corrected chi connectivity index (χ2v) is 8.02. The molecule has 0 aromatic heterocycles. The van der Waals surface area contributed by atoms with Crippen molar-refractivity contribution in [3.8, 4) is 0 Å². The van der Waals surface area contributed by atoms with Gasteiger partial charge in [-0.2, -0.15) is 11.8 Å². The van der Waals surface area contributed by atoms with Crippen LogP contribution >= 0.6 is 35.7 Å². The molecule has 1 atom stereocenters. The number of rotatable bonds is 4. The molecule has 1 amide bonds. The van der Waals surface area contributed by atoms with E-state index in [-0.39, 0.29) is 35.9 Å². The highest BCUT2D eigenvalue weighted by Gasteiger charge is 2.21. The summed E-state index contributed by atoms with van der Waals surface area (Å²) < 4.78 is 5.30. The fraction of sp³-hybridized carbons (Fsp3) is 0.867. The highest BCUT2D eigenvalue weighted by atomic mass is 127. The largest absolute Gasteiger partial charge is 0.444 e. The zero-order valence-electron chi connectivity index (χ0n) is 14.8. The van der Waals surface area contributed by atoms with Gasteiger partial charge in [0.15, 0.2) is 5.96 Å². The summed E-state index contributed by atoms with van der Waals surface area (Å²) in [5, 5.41) is 2.88. The second-order valence-electron chi connectivity index (χ2n) is 6.80. The number of aliphatic imine (C=N–C) groups is 1. The van der Waals surface area contributed by atoms with Crippen molar-refractivity contribution < 1.29 is 9.53 Å². The number of nitrogens with two attached hydrogens (primary N) is 1. The number of carbonyl (C=O) groups excluding carboxylic acids is 1.